The number of aryl methyl sites for hydroxylation is 1. The van der Waals surface area contributed by atoms with Crippen molar-refractivity contribution in [1.29, 1.82) is 5.26 Å². The Balaban J connectivity index is 1.83. The van der Waals surface area contributed by atoms with Crippen LogP contribution in [-0.4, -0.2) is 15.5 Å². The van der Waals surface area contributed by atoms with E-state index in [4.69, 9.17) is 5.26 Å². The predicted molar refractivity (Wildman–Crippen MR) is 68.0 cm³/mol. The lowest BCUT2D eigenvalue weighted by molar-refractivity contribution is -0.116. The molecule has 0 atom stereocenters. The molecule has 1 aromatic heterocycles. The van der Waals surface area contributed by atoms with Gasteiger partial charge in [0.25, 0.3) is 0 Å². The van der Waals surface area contributed by atoms with Crippen molar-refractivity contribution < 1.29 is 4.79 Å². The van der Waals surface area contributed by atoms with Gasteiger partial charge in [-0.3, -0.25) is 4.79 Å². The summed E-state index contributed by atoms with van der Waals surface area (Å²) < 4.78 is 3.66. The van der Waals surface area contributed by atoms with Crippen molar-refractivity contribution in [3.8, 4) is 6.07 Å². The van der Waals surface area contributed by atoms with Crippen LogP contribution >= 0.6 is 11.5 Å². The van der Waals surface area contributed by atoms with E-state index in [1.807, 2.05) is 12.1 Å². The standard InChI is InChI=1S/C12H10N4OS/c13-7-10-3-1-9(2-4-10)5-6-11(17)15-12-8-14-16-18-12/h1-4,8H,5-6H2,(H,15,17). The van der Waals surface area contributed by atoms with E-state index < -0.39 is 0 Å². The fourth-order valence-corrected chi connectivity index (χ4v) is 1.86. The van der Waals surface area contributed by atoms with Crippen molar-refractivity contribution in [2.24, 2.45) is 0 Å². The van der Waals surface area contributed by atoms with Gasteiger partial charge in [0.15, 0.2) is 0 Å². The summed E-state index contributed by atoms with van der Waals surface area (Å²) >= 11 is 1.15. The van der Waals surface area contributed by atoms with E-state index >= 15 is 0 Å². The number of hydrogen-bond donors (Lipinski definition) is 1. The Morgan fingerprint density at radius 3 is 2.78 bits per heavy atom. The third kappa shape index (κ3) is 3.37. The molecule has 0 radical (unpaired) electrons. The van der Waals surface area contributed by atoms with Crippen molar-refractivity contribution in [1.82, 2.24) is 9.59 Å². The minimum absolute atomic E-state index is 0.0644. The summed E-state index contributed by atoms with van der Waals surface area (Å²) in [7, 11) is 0. The van der Waals surface area contributed by atoms with Gasteiger partial charge in [0.05, 0.1) is 17.8 Å². The van der Waals surface area contributed by atoms with Crippen molar-refractivity contribution in [2.45, 2.75) is 12.8 Å². The molecule has 2 aromatic rings. The Kier molecular flexibility index (Phi) is 3.99. The lowest BCUT2D eigenvalue weighted by Crippen LogP contribution is -2.11. The molecular weight excluding hydrogens is 248 g/mol. The molecule has 1 heterocycles. The molecule has 1 aromatic carbocycles. The Hall–Kier alpha value is -2.26. The van der Waals surface area contributed by atoms with Crippen LogP contribution in [0.4, 0.5) is 5.00 Å². The molecule has 6 heteroatoms. The highest BCUT2D eigenvalue weighted by molar-refractivity contribution is 7.10. The SMILES string of the molecule is N#Cc1ccc(CCC(=O)Nc2cnns2)cc1. The van der Waals surface area contributed by atoms with Crippen LogP contribution in [0.1, 0.15) is 17.5 Å². The van der Waals surface area contributed by atoms with E-state index in [-0.39, 0.29) is 5.91 Å². The number of aromatic nitrogens is 2. The summed E-state index contributed by atoms with van der Waals surface area (Å²) in [4.78, 5) is 11.6. The molecule has 1 amide bonds. The van der Waals surface area contributed by atoms with Gasteiger partial charge in [0.1, 0.15) is 5.00 Å². The Morgan fingerprint density at radius 2 is 2.17 bits per heavy atom. The summed E-state index contributed by atoms with van der Waals surface area (Å²) in [5.74, 6) is -0.0644. The Bertz CT molecular complexity index is 557. The second-order valence-corrected chi connectivity index (χ2v) is 4.42. The van der Waals surface area contributed by atoms with E-state index in [9.17, 15) is 4.79 Å². The van der Waals surface area contributed by atoms with Gasteiger partial charge >= 0.3 is 0 Å². The van der Waals surface area contributed by atoms with Crippen LogP contribution in [0.2, 0.25) is 0 Å². The predicted octanol–water partition coefficient (Wildman–Crippen LogP) is 1.98. The average molecular weight is 258 g/mol. The maximum Gasteiger partial charge on any atom is 0.225 e. The van der Waals surface area contributed by atoms with E-state index in [0.29, 0.717) is 23.4 Å². The first-order valence-electron chi connectivity index (χ1n) is 5.34. The molecule has 90 valence electrons. The second-order valence-electron chi connectivity index (χ2n) is 3.64. The zero-order valence-corrected chi connectivity index (χ0v) is 10.3. The first kappa shape index (κ1) is 12.2. The van der Waals surface area contributed by atoms with Crippen LogP contribution in [0.25, 0.3) is 0 Å². The third-order valence-corrected chi connectivity index (χ3v) is 2.93. The molecule has 18 heavy (non-hydrogen) atoms. The summed E-state index contributed by atoms with van der Waals surface area (Å²) in [5.41, 5.74) is 1.66. The normalized spacial score (nSPS) is 9.72. The van der Waals surface area contributed by atoms with Crippen LogP contribution in [0.15, 0.2) is 30.5 Å². The summed E-state index contributed by atoms with van der Waals surface area (Å²) in [6.07, 6.45) is 2.55. The van der Waals surface area contributed by atoms with Crippen molar-refractivity contribution in [3.05, 3.63) is 41.6 Å². The molecule has 0 fully saturated rings. The molecule has 2 rings (SSSR count). The second kappa shape index (κ2) is 5.89. The molecule has 5 nitrogen and oxygen atoms in total. The van der Waals surface area contributed by atoms with Gasteiger partial charge in [0.2, 0.25) is 5.91 Å². The maximum absolute atomic E-state index is 11.6. The van der Waals surface area contributed by atoms with Crippen LogP contribution in [0.3, 0.4) is 0 Å². The average Bonchev–Trinajstić information content (AvgIpc) is 2.90. The number of benzene rings is 1. The van der Waals surface area contributed by atoms with Gasteiger partial charge in [-0.25, -0.2) is 0 Å². The number of rotatable bonds is 4. The fourth-order valence-electron chi connectivity index (χ4n) is 1.43. The van der Waals surface area contributed by atoms with Crippen molar-refractivity contribution in [2.75, 3.05) is 5.32 Å². The van der Waals surface area contributed by atoms with Crippen LogP contribution in [0.5, 0.6) is 0 Å². The number of nitrogens with one attached hydrogen (secondary N) is 1. The van der Waals surface area contributed by atoms with Gasteiger partial charge in [-0.15, -0.1) is 5.10 Å². The zero-order chi connectivity index (χ0) is 12.8. The zero-order valence-electron chi connectivity index (χ0n) is 9.46. The van der Waals surface area contributed by atoms with E-state index in [1.54, 1.807) is 12.1 Å². The van der Waals surface area contributed by atoms with E-state index in [0.717, 1.165) is 17.1 Å². The Morgan fingerprint density at radius 1 is 1.39 bits per heavy atom. The molecule has 0 aliphatic rings. The molecule has 0 unspecified atom stereocenters. The van der Waals surface area contributed by atoms with Crippen LogP contribution in [0, 0.1) is 11.3 Å². The molecule has 0 aliphatic carbocycles. The van der Waals surface area contributed by atoms with Gasteiger partial charge in [-0.1, -0.05) is 16.6 Å². The largest absolute Gasteiger partial charge is 0.315 e. The monoisotopic (exact) mass is 258 g/mol. The smallest absolute Gasteiger partial charge is 0.225 e. The number of carbonyl (C=O) groups is 1. The molecule has 1 N–H and O–H groups in total. The fraction of sp³-hybridized carbons (Fsp3) is 0.167. The van der Waals surface area contributed by atoms with Gasteiger partial charge in [-0.2, -0.15) is 5.26 Å². The molecule has 0 bridgehead atoms. The Labute approximate surface area is 108 Å². The first-order valence-corrected chi connectivity index (χ1v) is 6.11. The lowest BCUT2D eigenvalue weighted by Gasteiger charge is -2.02. The summed E-state index contributed by atoms with van der Waals surface area (Å²) in [5, 5.41) is 15.7. The molecule has 0 saturated heterocycles. The van der Waals surface area contributed by atoms with Gasteiger partial charge in [-0.05, 0) is 24.1 Å². The van der Waals surface area contributed by atoms with Gasteiger partial charge in [0, 0.05) is 18.0 Å². The van der Waals surface area contributed by atoms with Crippen LogP contribution in [-0.2, 0) is 11.2 Å². The number of hydrogen-bond acceptors (Lipinski definition) is 5. The molecule has 0 spiro atoms. The quantitative estimate of drug-likeness (QED) is 0.909. The molecular formula is C12H10N4OS. The van der Waals surface area contributed by atoms with Crippen LogP contribution < -0.4 is 5.32 Å². The topological polar surface area (TPSA) is 78.7 Å². The minimum Gasteiger partial charge on any atom is -0.315 e. The molecule has 0 aliphatic heterocycles. The highest BCUT2D eigenvalue weighted by Crippen LogP contribution is 2.11. The highest BCUT2D eigenvalue weighted by atomic mass is 32.1. The number of nitrogens with zero attached hydrogens (tertiary/aromatic N) is 3. The first-order chi connectivity index (χ1) is 8.78. The van der Waals surface area contributed by atoms with E-state index in [1.165, 1.54) is 6.20 Å². The minimum atomic E-state index is -0.0644. The summed E-state index contributed by atoms with van der Waals surface area (Å²) in [6, 6.07) is 9.28. The van der Waals surface area contributed by atoms with Gasteiger partial charge < -0.3 is 5.32 Å². The van der Waals surface area contributed by atoms with E-state index in [2.05, 4.69) is 21.0 Å². The van der Waals surface area contributed by atoms with Crippen molar-refractivity contribution >= 4 is 22.4 Å². The molecule has 0 saturated carbocycles. The maximum atomic E-state index is 11.6. The highest BCUT2D eigenvalue weighted by Gasteiger charge is 2.04. The lowest BCUT2D eigenvalue weighted by atomic mass is 10.1. The summed E-state index contributed by atoms with van der Waals surface area (Å²) in [6.45, 7) is 0. The number of carbonyl (C=O) groups excluding carboxylic acids is 1. The van der Waals surface area contributed by atoms with Crippen molar-refractivity contribution in [3.63, 3.8) is 0 Å². The third-order valence-electron chi connectivity index (χ3n) is 2.35. The number of anilines is 1. The number of amides is 1. The number of nitriles is 1.